The molecule has 0 aliphatic carbocycles. The van der Waals surface area contributed by atoms with Gasteiger partial charge in [-0.15, -0.1) is 0 Å². The Kier molecular flexibility index (Phi) is 4.26. The Hall–Kier alpha value is -0.520. The van der Waals surface area contributed by atoms with Crippen LogP contribution < -0.4 is 5.73 Å². The zero-order valence-corrected chi connectivity index (χ0v) is 10.6. The van der Waals surface area contributed by atoms with Crippen molar-refractivity contribution in [1.29, 1.82) is 0 Å². The lowest BCUT2D eigenvalue weighted by molar-refractivity contribution is 0.277. The maximum absolute atomic E-state index is 6.19. The molecule has 16 heavy (non-hydrogen) atoms. The topological polar surface area (TPSA) is 47.1 Å². The molecule has 0 bridgehead atoms. The molecule has 2 rings (SSSR count). The van der Waals surface area contributed by atoms with Crippen molar-refractivity contribution in [2.45, 2.75) is 12.5 Å². The number of hydrogen-bond donors (Lipinski definition) is 1. The van der Waals surface area contributed by atoms with Crippen molar-refractivity contribution < 1.29 is 0 Å². The van der Waals surface area contributed by atoms with E-state index < -0.39 is 0 Å². The fourth-order valence-electron chi connectivity index (χ4n) is 2.00. The highest BCUT2D eigenvalue weighted by molar-refractivity contribution is 7.99. The lowest BCUT2D eigenvalue weighted by Gasteiger charge is -2.22. The number of rotatable bonds is 3. The molecule has 0 amide bonds. The molecular weight excluding hydrogens is 220 g/mol. The normalized spacial score (nSPS) is 20.6. The number of nitrogens with two attached hydrogens (primary N) is 1. The number of nitrogens with zero attached hydrogens (tertiary/aromatic N) is 3. The van der Waals surface area contributed by atoms with Crippen LogP contribution in [0.15, 0.2) is 12.4 Å². The van der Waals surface area contributed by atoms with Gasteiger partial charge in [-0.25, -0.2) is 0 Å². The molecule has 5 heteroatoms. The van der Waals surface area contributed by atoms with Crippen molar-refractivity contribution in [1.82, 2.24) is 14.7 Å². The summed E-state index contributed by atoms with van der Waals surface area (Å²) in [5.74, 6) is 2.53. The van der Waals surface area contributed by atoms with Crippen molar-refractivity contribution in [2.75, 3.05) is 31.1 Å². The molecule has 4 nitrogen and oxygen atoms in total. The summed E-state index contributed by atoms with van der Waals surface area (Å²) >= 11 is 2.05. The fourth-order valence-corrected chi connectivity index (χ4v) is 2.92. The van der Waals surface area contributed by atoms with Gasteiger partial charge in [-0.05, 0) is 18.7 Å². The first-order chi connectivity index (χ1) is 7.75. The van der Waals surface area contributed by atoms with Crippen molar-refractivity contribution in [3.8, 4) is 0 Å². The van der Waals surface area contributed by atoms with Gasteiger partial charge in [-0.2, -0.15) is 16.9 Å². The van der Waals surface area contributed by atoms with E-state index in [9.17, 15) is 0 Å². The Morgan fingerprint density at radius 3 is 3.12 bits per heavy atom. The minimum absolute atomic E-state index is 0.0943. The second-order valence-corrected chi connectivity index (χ2v) is 5.55. The van der Waals surface area contributed by atoms with Gasteiger partial charge in [-0.3, -0.25) is 4.68 Å². The van der Waals surface area contributed by atoms with E-state index in [2.05, 4.69) is 10.00 Å². The zero-order chi connectivity index (χ0) is 11.4. The third-order valence-electron chi connectivity index (χ3n) is 2.92. The molecule has 1 saturated heterocycles. The van der Waals surface area contributed by atoms with Crippen LogP contribution in [0.2, 0.25) is 0 Å². The van der Waals surface area contributed by atoms with Gasteiger partial charge in [-0.1, -0.05) is 0 Å². The van der Waals surface area contributed by atoms with E-state index >= 15 is 0 Å². The summed E-state index contributed by atoms with van der Waals surface area (Å²) in [5, 5.41) is 4.16. The maximum atomic E-state index is 6.19. The van der Waals surface area contributed by atoms with Gasteiger partial charge in [0, 0.05) is 43.7 Å². The number of hydrogen-bond acceptors (Lipinski definition) is 4. The smallest absolute Gasteiger partial charge is 0.0537 e. The summed E-state index contributed by atoms with van der Waals surface area (Å²) < 4.78 is 1.81. The summed E-state index contributed by atoms with van der Waals surface area (Å²) in [5.41, 5.74) is 7.33. The SMILES string of the molecule is Cn1cc(C(N)CN2CCCSCC2)cn1. The highest BCUT2D eigenvalue weighted by Crippen LogP contribution is 2.14. The fraction of sp³-hybridized carbons (Fsp3) is 0.727. The third kappa shape index (κ3) is 3.23. The summed E-state index contributed by atoms with van der Waals surface area (Å²) in [6.45, 7) is 3.30. The van der Waals surface area contributed by atoms with E-state index in [-0.39, 0.29) is 6.04 Å². The lowest BCUT2D eigenvalue weighted by Crippen LogP contribution is -2.33. The highest BCUT2D eigenvalue weighted by atomic mass is 32.2. The van der Waals surface area contributed by atoms with Gasteiger partial charge >= 0.3 is 0 Å². The standard InChI is InChI=1S/C11H20N4S/c1-14-8-10(7-13-14)11(12)9-15-3-2-5-16-6-4-15/h7-8,11H,2-6,9,12H2,1H3. The molecule has 2 N–H and O–H groups in total. The minimum Gasteiger partial charge on any atom is -0.323 e. The van der Waals surface area contributed by atoms with Crippen LogP contribution in [0.4, 0.5) is 0 Å². The molecule has 1 aromatic rings. The van der Waals surface area contributed by atoms with Crippen LogP contribution in [0.25, 0.3) is 0 Å². The molecule has 2 heterocycles. The molecular formula is C11H20N4S. The zero-order valence-electron chi connectivity index (χ0n) is 9.80. The highest BCUT2D eigenvalue weighted by Gasteiger charge is 2.15. The van der Waals surface area contributed by atoms with Crippen LogP contribution in [0, 0.1) is 0 Å². The van der Waals surface area contributed by atoms with Crippen molar-refractivity contribution >= 4 is 11.8 Å². The molecule has 0 radical (unpaired) electrons. The second-order valence-electron chi connectivity index (χ2n) is 4.32. The number of aromatic nitrogens is 2. The van der Waals surface area contributed by atoms with Crippen molar-refractivity contribution in [3.05, 3.63) is 18.0 Å². The van der Waals surface area contributed by atoms with Gasteiger partial charge in [0.1, 0.15) is 0 Å². The second kappa shape index (κ2) is 5.70. The van der Waals surface area contributed by atoms with Crippen LogP contribution in [-0.4, -0.2) is 45.8 Å². The van der Waals surface area contributed by atoms with E-state index in [1.807, 2.05) is 35.9 Å². The first-order valence-corrected chi connectivity index (χ1v) is 6.95. The Morgan fingerprint density at radius 1 is 1.50 bits per heavy atom. The van der Waals surface area contributed by atoms with Crippen LogP contribution >= 0.6 is 11.8 Å². The van der Waals surface area contributed by atoms with Gasteiger partial charge in [0.15, 0.2) is 0 Å². The van der Waals surface area contributed by atoms with Crippen molar-refractivity contribution in [2.24, 2.45) is 12.8 Å². The molecule has 1 aromatic heterocycles. The Labute approximate surface area is 101 Å². The average molecular weight is 240 g/mol. The molecule has 0 saturated carbocycles. The van der Waals surface area contributed by atoms with E-state index in [0.717, 1.165) is 12.1 Å². The van der Waals surface area contributed by atoms with Gasteiger partial charge in [0.25, 0.3) is 0 Å². The Balaban J connectivity index is 1.88. The van der Waals surface area contributed by atoms with Gasteiger partial charge in [0.2, 0.25) is 0 Å². The molecule has 1 fully saturated rings. The summed E-state index contributed by atoms with van der Waals surface area (Å²) in [7, 11) is 1.93. The van der Waals surface area contributed by atoms with Crippen LogP contribution in [0.5, 0.6) is 0 Å². The largest absolute Gasteiger partial charge is 0.323 e. The average Bonchev–Trinajstić information content (AvgIpc) is 2.54. The minimum atomic E-state index is 0.0943. The molecule has 0 aromatic carbocycles. The summed E-state index contributed by atoms with van der Waals surface area (Å²) in [6, 6.07) is 0.0943. The van der Waals surface area contributed by atoms with Crippen LogP contribution in [0.1, 0.15) is 18.0 Å². The van der Waals surface area contributed by atoms with E-state index in [1.165, 1.54) is 31.0 Å². The van der Waals surface area contributed by atoms with Gasteiger partial charge in [0.05, 0.1) is 6.20 Å². The first kappa shape index (κ1) is 12.0. The Morgan fingerprint density at radius 2 is 2.38 bits per heavy atom. The monoisotopic (exact) mass is 240 g/mol. The van der Waals surface area contributed by atoms with Crippen LogP contribution in [0.3, 0.4) is 0 Å². The first-order valence-electron chi connectivity index (χ1n) is 5.80. The molecule has 1 unspecified atom stereocenters. The molecule has 1 aliphatic rings. The summed E-state index contributed by atoms with van der Waals surface area (Å²) in [4.78, 5) is 2.47. The molecule has 0 spiro atoms. The third-order valence-corrected chi connectivity index (χ3v) is 3.97. The Bertz CT molecular complexity index is 318. The van der Waals surface area contributed by atoms with Crippen molar-refractivity contribution in [3.63, 3.8) is 0 Å². The lowest BCUT2D eigenvalue weighted by atomic mass is 10.1. The quantitative estimate of drug-likeness (QED) is 0.851. The molecule has 1 atom stereocenters. The van der Waals surface area contributed by atoms with E-state index in [0.29, 0.717) is 0 Å². The maximum Gasteiger partial charge on any atom is 0.0537 e. The predicted octanol–water partition coefficient (Wildman–Crippen LogP) is 0.859. The summed E-state index contributed by atoms with van der Waals surface area (Å²) in [6.07, 6.45) is 5.17. The molecule has 1 aliphatic heterocycles. The predicted molar refractivity (Wildman–Crippen MR) is 68.5 cm³/mol. The number of thioether (sulfide) groups is 1. The van der Waals surface area contributed by atoms with Gasteiger partial charge < -0.3 is 10.6 Å². The van der Waals surface area contributed by atoms with E-state index in [1.54, 1.807) is 0 Å². The molecule has 90 valence electrons. The number of aryl methyl sites for hydroxylation is 1. The van der Waals surface area contributed by atoms with Crippen LogP contribution in [-0.2, 0) is 7.05 Å². The van der Waals surface area contributed by atoms with E-state index in [4.69, 9.17) is 5.73 Å².